The first-order chi connectivity index (χ1) is 6.35. The van der Waals surface area contributed by atoms with Crippen LogP contribution in [0.25, 0.3) is 0 Å². The Balaban J connectivity index is 3.33. The molecule has 0 aromatic carbocycles. The van der Waals surface area contributed by atoms with Crippen LogP contribution in [0.3, 0.4) is 0 Å². The van der Waals surface area contributed by atoms with Crippen molar-refractivity contribution in [2.45, 2.75) is 26.7 Å². The minimum Gasteiger partial charge on any atom is -0.329 e. The zero-order valence-electron chi connectivity index (χ0n) is 9.18. The second-order valence-electron chi connectivity index (χ2n) is 3.38. The Labute approximate surface area is 82.7 Å². The molecule has 0 heterocycles. The first-order valence-electron chi connectivity index (χ1n) is 5.48. The van der Waals surface area contributed by atoms with Gasteiger partial charge in [-0.05, 0) is 25.9 Å². The van der Waals surface area contributed by atoms with Crippen LogP contribution in [0.2, 0.25) is 0 Å². The highest BCUT2D eigenvalue weighted by atomic mass is 15.1. The van der Waals surface area contributed by atoms with Crippen molar-refractivity contribution < 1.29 is 0 Å². The molecule has 13 heavy (non-hydrogen) atoms. The highest BCUT2D eigenvalue weighted by Gasteiger charge is 2.00. The number of hydrogen-bond donors (Lipinski definition) is 2. The quantitative estimate of drug-likeness (QED) is 0.521. The lowest BCUT2D eigenvalue weighted by Crippen LogP contribution is -2.36. The lowest BCUT2D eigenvalue weighted by molar-refractivity contribution is 0.281. The van der Waals surface area contributed by atoms with E-state index in [9.17, 15) is 0 Å². The van der Waals surface area contributed by atoms with Gasteiger partial charge < -0.3 is 16.0 Å². The van der Waals surface area contributed by atoms with Crippen LogP contribution in [-0.2, 0) is 0 Å². The average Bonchev–Trinajstić information content (AvgIpc) is 2.13. The molecule has 0 rings (SSSR count). The molecule has 80 valence electrons. The maximum absolute atomic E-state index is 5.53. The van der Waals surface area contributed by atoms with Crippen molar-refractivity contribution in [3.63, 3.8) is 0 Å². The maximum atomic E-state index is 5.53. The molecular weight excluding hydrogens is 162 g/mol. The third-order valence-corrected chi connectivity index (χ3v) is 2.02. The summed E-state index contributed by atoms with van der Waals surface area (Å²) >= 11 is 0. The van der Waals surface area contributed by atoms with E-state index in [-0.39, 0.29) is 0 Å². The second-order valence-corrected chi connectivity index (χ2v) is 3.38. The molecule has 0 aliphatic heterocycles. The fourth-order valence-corrected chi connectivity index (χ4v) is 1.37. The van der Waals surface area contributed by atoms with E-state index in [1.807, 2.05) is 0 Å². The normalized spacial score (nSPS) is 11.1. The van der Waals surface area contributed by atoms with Crippen molar-refractivity contribution in [2.75, 3.05) is 39.3 Å². The fourth-order valence-electron chi connectivity index (χ4n) is 1.37. The Hall–Kier alpha value is -0.120. The van der Waals surface area contributed by atoms with Gasteiger partial charge in [-0.3, -0.25) is 0 Å². The van der Waals surface area contributed by atoms with Crippen LogP contribution in [0.4, 0.5) is 0 Å². The van der Waals surface area contributed by atoms with Gasteiger partial charge in [-0.25, -0.2) is 0 Å². The van der Waals surface area contributed by atoms with E-state index in [1.165, 1.54) is 19.4 Å². The van der Waals surface area contributed by atoms with Gasteiger partial charge in [-0.15, -0.1) is 0 Å². The van der Waals surface area contributed by atoms with Crippen LogP contribution < -0.4 is 11.1 Å². The summed E-state index contributed by atoms with van der Waals surface area (Å²) in [6, 6.07) is 0. The van der Waals surface area contributed by atoms with E-state index < -0.39 is 0 Å². The number of nitrogens with two attached hydrogens (primary N) is 1. The number of nitrogens with one attached hydrogen (secondary N) is 1. The van der Waals surface area contributed by atoms with Crippen LogP contribution >= 0.6 is 0 Å². The molecule has 0 aliphatic carbocycles. The number of rotatable bonds is 9. The van der Waals surface area contributed by atoms with E-state index in [0.29, 0.717) is 0 Å². The number of nitrogens with zero attached hydrogens (tertiary/aromatic N) is 1. The molecule has 0 unspecified atom stereocenters. The molecule has 0 radical (unpaired) electrons. The van der Waals surface area contributed by atoms with Gasteiger partial charge in [0.15, 0.2) is 0 Å². The molecule has 0 amide bonds. The third-order valence-electron chi connectivity index (χ3n) is 2.02. The van der Waals surface area contributed by atoms with Crippen LogP contribution in [0, 0.1) is 0 Å². The second kappa shape index (κ2) is 9.96. The molecule has 0 aliphatic rings. The molecule has 0 saturated carbocycles. The van der Waals surface area contributed by atoms with Crippen LogP contribution in [0.5, 0.6) is 0 Å². The summed E-state index contributed by atoms with van der Waals surface area (Å²) < 4.78 is 0. The Morgan fingerprint density at radius 3 is 2.31 bits per heavy atom. The summed E-state index contributed by atoms with van der Waals surface area (Å²) in [6.07, 6.45) is 2.43. The SMILES string of the molecule is CCCNCCN(CCC)CCN. The zero-order chi connectivity index (χ0) is 9.94. The van der Waals surface area contributed by atoms with Crippen LogP contribution in [0.1, 0.15) is 26.7 Å². The van der Waals surface area contributed by atoms with E-state index in [0.717, 1.165) is 32.7 Å². The van der Waals surface area contributed by atoms with Gasteiger partial charge in [0.05, 0.1) is 0 Å². The van der Waals surface area contributed by atoms with Gasteiger partial charge in [0.2, 0.25) is 0 Å². The first kappa shape index (κ1) is 12.9. The van der Waals surface area contributed by atoms with Crippen molar-refractivity contribution in [3.05, 3.63) is 0 Å². The fraction of sp³-hybridized carbons (Fsp3) is 1.00. The Kier molecular flexibility index (Phi) is 9.87. The maximum Gasteiger partial charge on any atom is 0.0107 e. The third kappa shape index (κ3) is 8.22. The monoisotopic (exact) mass is 187 g/mol. The van der Waals surface area contributed by atoms with E-state index in [1.54, 1.807) is 0 Å². The van der Waals surface area contributed by atoms with Crippen molar-refractivity contribution in [2.24, 2.45) is 5.73 Å². The minimum atomic E-state index is 0.772. The van der Waals surface area contributed by atoms with E-state index >= 15 is 0 Å². The van der Waals surface area contributed by atoms with E-state index in [2.05, 4.69) is 24.1 Å². The predicted octanol–water partition coefficient (Wildman–Crippen LogP) is 0.657. The molecule has 0 bridgehead atoms. The molecule has 3 heteroatoms. The lowest BCUT2D eigenvalue weighted by Gasteiger charge is -2.20. The topological polar surface area (TPSA) is 41.3 Å². The molecule has 0 saturated heterocycles. The van der Waals surface area contributed by atoms with Crippen LogP contribution in [0.15, 0.2) is 0 Å². The average molecular weight is 187 g/mol. The van der Waals surface area contributed by atoms with Crippen LogP contribution in [-0.4, -0.2) is 44.2 Å². The van der Waals surface area contributed by atoms with E-state index in [4.69, 9.17) is 5.73 Å². The van der Waals surface area contributed by atoms with Gasteiger partial charge in [0.1, 0.15) is 0 Å². The van der Waals surface area contributed by atoms with Gasteiger partial charge in [0, 0.05) is 26.2 Å². The van der Waals surface area contributed by atoms with Crippen molar-refractivity contribution >= 4 is 0 Å². The summed E-state index contributed by atoms with van der Waals surface area (Å²) in [5.41, 5.74) is 5.53. The summed E-state index contributed by atoms with van der Waals surface area (Å²) in [4.78, 5) is 2.42. The summed E-state index contributed by atoms with van der Waals surface area (Å²) in [5.74, 6) is 0. The first-order valence-corrected chi connectivity index (χ1v) is 5.48. The molecule has 3 nitrogen and oxygen atoms in total. The summed E-state index contributed by atoms with van der Waals surface area (Å²) in [5, 5.41) is 3.40. The highest BCUT2D eigenvalue weighted by molar-refractivity contribution is 4.59. The Morgan fingerprint density at radius 1 is 1.00 bits per heavy atom. The van der Waals surface area contributed by atoms with Crippen molar-refractivity contribution in [1.82, 2.24) is 10.2 Å². The van der Waals surface area contributed by atoms with Crippen molar-refractivity contribution in [3.8, 4) is 0 Å². The smallest absolute Gasteiger partial charge is 0.0107 e. The molecule has 0 atom stereocenters. The Morgan fingerprint density at radius 2 is 1.77 bits per heavy atom. The predicted molar refractivity (Wildman–Crippen MR) is 58.9 cm³/mol. The minimum absolute atomic E-state index is 0.772. The summed E-state index contributed by atoms with van der Waals surface area (Å²) in [6.45, 7) is 10.7. The molecule has 0 aromatic heterocycles. The van der Waals surface area contributed by atoms with Crippen molar-refractivity contribution in [1.29, 1.82) is 0 Å². The summed E-state index contributed by atoms with van der Waals surface area (Å²) in [7, 11) is 0. The molecule has 3 N–H and O–H groups in total. The largest absolute Gasteiger partial charge is 0.329 e. The van der Waals surface area contributed by atoms with Gasteiger partial charge >= 0.3 is 0 Å². The van der Waals surface area contributed by atoms with Gasteiger partial charge in [-0.2, -0.15) is 0 Å². The molecule has 0 aromatic rings. The lowest BCUT2D eigenvalue weighted by atomic mass is 10.4. The van der Waals surface area contributed by atoms with Gasteiger partial charge in [-0.1, -0.05) is 13.8 Å². The molecular formula is C10H25N3. The molecule has 0 spiro atoms. The Bertz CT molecular complexity index is 90.2. The molecule has 0 fully saturated rings. The highest BCUT2D eigenvalue weighted by Crippen LogP contribution is 1.88. The standard InChI is InChI=1S/C10H25N3/c1-3-6-12-7-10-13(8-4-2)9-5-11/h12H,3-11H2,1-2H3. The number of hydrogen-bond acceptors (Lipinski definition) is 3. The zero-order valence-corrected chi connectivity index (χ0v) is 9.18. The van der Waals surface area contributed by atoms with Gasteiger partial charge in [0.25, 0.3) is 0 Å².